The number of likely N-dealkylation sites (tertiary alicyclic amines) is 2. The van der Waals surface area contributed by atoms with Gasteiger partial charge in [0.2, 0.25) is 0 Å². The van der Waals surface area contributed by atoms with Crippen LogP contribution in [0.15, 0.2) is 85.2 Å². The quantitative estimate of drug-likeness (QED) is 0.159. The van der Waals surface area contributed by atoms with E-state index < -0.39 is 11.7 Å². The number of nitrogens with one attached hydrogen (secondary N) is 2. The van der Waals surface area contributed by atoms with E-state index >= 15 is 0 Å². The van der Waals surface area contributed by atoms with Crippen LogP contribution in [0.3, 0.4) is 0 Å². The molecular weight excluding hydrogens is 652 g/mol. The van der Waals surface area contributed by atoms with Gasteiger partial charge in [0, 0.05) is 24.2 Å². The van der Waals surface area contributed by atoms with E-state index in [0.29, 0.717) is 24.6 Å². The first-order valence-corrected chi connectivity index (χ1v) is 17.5. The summed E-state index contributed by atoms with van der Waals surface area (Å²) in [6, 6.07) is 24.3. The maximum atomic E-state index is 13.0. The minimum absolute atomic E-state index is 0.186. The Morgan fingerprint density at radius 2 is 1.44 bits per heavy atom. The lowest BCUT2D eigenvalue weighted by atomic mass is 9.94. The van der Waals surface area contributed by atoms with Crippen molar-refractivity contribution in [3.8, 4) is 57.2 Å². The Kier molecular flexibility index (Phi) is 9.56. The number of carboxylic acid groups (broad SMARTS) is 1. The van der Waals surface area contributed by atoms with Crippen molar-refractivity contribution in [1.29, 1.82) is 0 Å². The minimum atomic E-state index is -0.944. The standard InChI is InChI=1S/C42H40N6O4/c1-42(2,3)52-41(51)48-23-11-19-37(48)39-44-27-35(46-39)32-21-20-29(34(25-32)31-16-9-15-30(24-31)28-12-5-4-6-13-28)14-7-8-17-33-26-43-38(45-33)36-18-10-22-47(36)40(49)50/h4-6,9,12-13,15-16,20-21,24-27,36-37H,10-11,18-19,22-23H2,1-3H3,(H,43,45)(H,44,46)(H,49,50)/t36-,37-/m0/s1. The molecule has 2 amide bonds. The van der Waals surface area contributed by atoms with E-state index in [1.807, 2.05) is 63.4 Å². The molecule has 7 rings (SSSR count). The monoisotopic (exact) mass is 692 g/mol. The number of benzene rings is 3. The highest BCUT2D eigenvalue weighted by Crippen LogP contribution is 2.35. The molecule has 3 N–H and O–H groups in total. The molecule has 4 heterocycles. The van der Waals surface area contributed by atoms with Crippen LogP contribution in [0.5, 0.6) is 0 Å². The van der Waals surface area contributed by atoms with E-state index in [1.165, 1.54) is 4.90 Å². The Bertz CT molecular complexity index is 2230. The zero-order chi connectivity index (χ0) is 36.2. The van der Waals surface area contributed by atoms with Crippen molar-refractivity contribution in [2.24, 2.45) is 0 Å². The van der Waals surface area contributed by atoms with Crippen molar-refractivity contribution >= 4 is 12.2 Å². The number of amides is 2. The highest BCUT2D eigenvalue weighted by molar-refractivity contribution is 5.80. The van der Waals surface area contributed by atoms with Gasteiger partial charge in [-0.3, -0.25) is 9.80 Å². The van der Waals surface area contributed by atoms with Crippen molar-refractivity contribution < 1.29 is 19.4 Å². The molecule has 0 unspecified atom stereocenters. The summed E-state index contributed by atoms with van der Waals surface area (Å²) in [5.41, 5.74) is 6.74. The summed E-state index contributed by atoms with van der Waals surface area (Å²) < 4.78 is 5.68. The van der Waals surface area contributed by atoms with Crippen molar-refractivity contribution in [1.82, 2.24) is 29.7 Å². The topological polar surface area (TPSA) is 127 Å². The molecule has 52 heavy (non-hydrogen) atoms. The molecule has 2 aliphatic rings. The molecule has 10 heteroatoms. The number of aromatic amines is 2. The predicted molar refractivity (Wildman–Crippen MR) is 199 cm³/mol. The van der Waals surface area contributed by atoms with Crippen LogP contribution in [-0.2, 0) is 4.74 Å². The van der Waals surface area contributed by atoms with Gasteiger partial charge in [0.1, 0.15) is 22.9 Å². The number of H-pyrrole nitrogens is 2. The summed E-state index contributed by atoms with van der Waals surface area (Å²) in [6.07, 6.45) is 5.37. The average Bonchev–Trinajstić information content (AvgIpc) is 3.97. The Labute approximate surface area is 303 Å². The Morgan fingerprint density at radius 3 is 2.21 bits per heavy atom. The van der Waals surface area contributed by atoms with Gasteiger partial charge in [0.05, 0.1) is 30.2 Å². The van der Waals surface area contributed by atoms with E-state index in [-0.39, 0.29) is 18.2 Å². The van der Waals surface area contributed by atoms with Gasteiger partial charge in [-0.15, -0.1) is 0 Å². The summed E-state index contributed by atoms with van der Waals surface area (Å²) in [6.45, 7) is 6.74. The lowest BCUT2D eigenvalue weighted by Crippen LogP contribution is -2.36. The van der Waals surface area contributed by atoms with Crippen molar-refractivity contribution in [3.63, 3.8) is 0 Å². The number of rotatable bonds is 5. The lowest BCUT2D eigenvalue weighted by molar-refractivity contribution is 0.0218. The molecule has 262 valence electrons. The largest absolute Gasteiger partial charge is 0.465 e. The van der Waals surface area contributed by atoms with E-state index in [9.17, 15) is 14.7 Å². The SMILES string of the molecule is CC(C)(C)OC(=O)N1CCC[C@H]1c1ncc(-c2ccc(C#CC#Cc3cnc([C@@H]4CCCN4C(=O)O)[nH]3)c(-c3cccc(-c4ccccc4)c3)c2)[nH]1. The van der Waals surface area contributed by atoms with Gasteiger partial charge in [-0.25, -0.2) is 19.6 Å². The van der Waals surface area contributed by atoms with Crippen LogP contribution in [-0.4, -0.2) is 65.7 Å². The molecule has 5 aromatic rings. The first kappa shape index (κ1) is 34.2. The lowest BCUT2D eigenvalue weighted by Gasteiger charge is -2.27. The Morgan fingerprint density at radius 1 is 0.769 bits per heavy atom. The average molecular weight is 693 g/mol. The van der Waals surface area contributed by atoms with E-state index in [1.54, 1.807) is 11.1 Å². The maximum Gasteiger partial charge on any atom is 0.410 e. The van der Waals surface area contributed by atoms with Crippen molar-refractivity contribution in [2.45, 2.75) is 64.1 Å². The number of nitrogens with zero attached hydrogens (tertiary/aromatic N) is 4. The van der Waals surface area contributed by atoms with Crippen LogP contribution in [0, 0.1) is 23.7 Å². The molecule has 2 aliphatic heterocycles. The zero-order valence-corrected chi connectivity index (χ0v) is 29.4. The molecule has 10 nitrogen and oxygen atoms in total. The minimum Gasteiger partial charge on any atom is -0.465 e. The van der Waals surface area contributed by atoms with Gasteiger partial charge >= 0.3 is 12.2 Å². The second kappa shape index (κ2) is 14.5. The molecule has 2 atom stereocenters. The van der Waals surface area contributed by atoms with Crippen LogP contribution in [0.4, 0.5) is 9.59 Å². The first-order valence-electron chi connectivity index (χ1n) is 17.5. The van der Waals surface area contributed by atoms with Crippen LogP contribution >= 0.6 is 0 Å². The second-order valence-electron chi connectivity index (χ2n) is 14.0. The summed E-state index contributed by atoms with van der Waals surface area (Å²) in [7, 11) is 0. The fourth-order valence-corrected chi connectivity index (χ4v) is 6.85. The Hall–Kier alpha value is -6.26. The first-order chi connectivity index (χ1) is 25.1. The Balaban J connectivity index is 1.19. The third kappa shape index (κ3) is 7.57. The number of carbonyl (C=O) groups excluding carboxylic acids is 1. The molecule has 0 aliphatic carbocycles. The van der Waals surface area contributed by atoms with Gasteiger partial charge in [-0.2, -0.15) is 0 Å². The number of carbonyl (C=O) groups is 2. The number of ether oxygens (including phenoxy) is 1. The van der Waals surface area contributed by atoms with Crippen molar-refractivity contribution in [2.75, 3.05) is 13.1 Å². The normalized spacial score (nSPS) is 16.9. The molecule has 0 radical (unpaired) electrons. The molecule has 0 bridgehead atoms. The third-order valence-electron chi connectivity index (χ3n) is 9.27. The van der Waals surface area contributed by atoms with Gasteiger partial charge in [0.15, 0.2) is 0 Å². The maximum absolute atomic E-state index is 13.0. The smallest absolute Gasteiger partial charge is 0.410 e. The van der Waals surface area contributed by atoms with Crippen molar-refractivity contribution in [3.05, 3.63) is 108 Å². The van der Waals surface area contributed by atoms with Gasteiger partial charge in [-0.1, -0.05) is 60.5 Å². The summed E-state index contributed by atoms with van der Waals surface area (Å²) in [4.78, 5) is 43.5. The predicted octanol–water partition coefficient (Wildman–Crippen LogP) is 8.42. The molecule has 2 fully saturated rings. The molecule has 0 saturated carbocycles. The number of aromatic nitrogens is 4. The second-order valence-corrected chi connectivity index (χ2v) is 14.0. The highest BCUT2D eigenvalue weighted by Gasteiger charge is 2.35. The third-order valence-corrected chi connectivity index (χ3v) is 9.27. The number of hydrogen-bond acceptors (Lipinski definition) is 5. The van der Waals surface area contributed by atoms with E-state index in [4.69, 9.17) is 9.72 Å². The molecule has 2 saturated heterocycles. The summed E-state index contributed by atoms with van der Waals surface area (Å²) >= 11 is 0. The van der Waals surface area contributed by atoms with Crippen LogP contribution in [0.25, 0.3) is 33.5 Å². The number of imidazole rings is 2. The van der Waals surface area contributed by atoms with E-state index in [2.05, 4.69) is 75.0 Å². The zero-order valence-electron chi connectivity index (χ0n) is 29.4. The fourth-order valence-electron chi connectivity index (χ4n) is 6.85. The van der Waals surface area contributed by atoms with Gasteiger partial charge < -0.3 is 19.8 Å². The van der Waals surface area contributed by atoms with Gasteiger partial charge in [-0.05, 0) is 105 Å². The molecule has 3 aromatic carbocycles. The fraction of sp³-hybridized carbons (Fsp3) is 0.286. The van der Waals surface area contributed by atoms with Crippen LogP contribution < -0.4 is 0 Å². The summed E-state index contributed by atoms with van der Waals surface area (Å²) in [5.74, 6) is 13.6. The highest BCUT2D eigenvalue weighted by atomic mass is 16.6. The van der Waals surface area contributed by atoms with Crippen LogP contribution in [0.1, 0.15) is 81.4 Å². The molecule has 2 aromatic heterocycles. The summed E-state index contributed by atoms with van der Waals surface area (Å²) in [5, 5.41) is 9.51. The van der Waals surface area contributed by atoms with E-state index in [0.717, 1.165) is 70.6 Å². The molecular formula is C42H40N6O4. The van der Waals surface area contributed by atoms with Gasteiger partial charge in [0.25, 0.3) is 0 Å². The molecule has 0 spiro atoms. The number of hydrogen-bond donors (Lipinski definition) is 3. The van der Waals surface area contributed by atoms with Crippen LogP contribution in [0.2, 0.25) is 0 Å².